The van der Waals surface area contributed by atoms with Gasteiger partial charge in [0.15, 0.2) is 0 Å². The molecule has 0 radical (unpaired) electrons. The molecule has 2 unspecified atom stereocenters. The van der Waals surface area contributed by atoms with Crippen LogP contribution >= 0.6 is 24.8 Å². The minimum Gasteiger partial charge on any atom is -0.325 e. The van der Waals surface area contributed by atoms with Crippen LogP contribution in [0, 0.1) is 5.92 Å². The molecule has 0 aliphatic heterocycles. The van der Waals surface area contributed by atoms with Gasteiger partial charge in [-0.15, -0.1) is 24.8 Å². The summed E-state index contributed by atoms with van der Waals surface area (Å²) in [5, 5.41) is 9.48. The van der Waals surface area contributed by atoms with Crippen molar-refractivity contribution in [3.63, 3.8) is 0 Å². The van der Waals surface area contributed by atoms with Gasteiger partial charge in [-0.1, -0.05) is 13.8 Å². The third-order valence-corrected chi connectivity index (χ3v) is 3.65. The molecule has 8 nitrogen and oxygen atoms in total. The van der Waals surface area contributed by atoms with E-state index in [0.29, 0.717) is 11.4 Å². The van der Waals surface area contributed by atoms with Crippen molar-refractivity contribution in [1.82, 2.24) is 14.8 Å². The van der Waals surface area contributed by atoms with Crippen molar-refractivity contribution in [2.45, 2.75) is 32.9 Å². The van der Waals surface area contributed by atoms with E-state index in [2.05, 4.69) is 20.7 Å². The van der Waals surface area contributed by atoms with E-state index in [1.54, 1.807) is 31.2 Å². The Bertz CT molecular complexity index is 691. The Balaban J connectivity index is 0.00000312. The highest BCUT2D eigenvalue weighted by Gasteiger charge is 2.18. The minimum absolute atomic E-state index is 0. The van der Waals surface area contributed by atoms with Gasteiger partial charge in [-0.25, -0.2) is 9.67 Å². The average molecular weight is 403 g/mol. The van der Waals surface area contributed by atoms with E-state index in [-0.39, 0.29) is 42.5 Å². The first-order valence-electron chi connectivity index (χ1n) is 7.70. The van der Waals surface area contributed by atoms with Crippen LogP contribution in [0.25, 0.3) is 0 Å². The smallest absolute Gasteiger partial charge is 0.249 e. The molecular formula is C16H24Cl2N6O2. The molecular weight excluding hydrogens is 379 g/mol. The normalized spacial score (nSPS) is 12.3. The summed E-state index contributed by atoms with van der Waals surface area (Å²) >= 11 is 0. The third-order valence-electron chi connectivity index (χ3n) is 3.65. The monoisotopic (exact) mass is 402 g/mol. The molecule has 2 rings (SSSR count). The summed E-state index contributed by atoms with van der Waals surface area (Å²) < 4.78 is 1.47. The Morgan fingerprint density at radius 3 is 1.92 bits per heavy atom. The Hall–Kier alpha value is -2.16. The maximum Gasteiger partial charge on any atom is 0.249 e. The summed E-state index contributed by atoms with van der Waals surface area (Å²) in [7, 11) is 0. The number of benzene rings is 1. The van der Waals surface area contributed by atoms with Crippen LogP contribution in [-0.2, 0) is 9.59 Å². The van der Waals surface area contributed by atoms with Gasteiger partial charge in [0.1, 0.15) is 18.7 Å². The van der Waals surface area contributed by atoms with Gasteiger partial charge in [-0.05, 0) is 37.1 Å². The molecule has 2 atom stereocenters. The number of carbonyl (C=O) groups excluding carboxylic acids is 2. The highest BCUT2D eigenvalue weighted by molar-refractivity contribution is 5.96. The first kappa shape index (κ1) is 23.8. The highest BCUT2D eigenvalue weighted by atomic mass is 35.5. The molecule has 26 heavy (non-hydrogen) atoms. The number of carbonyl (C=O) groups is 2. The van der Waals surface area contributed by atoms with Crippen molar-refractivity contribution in [2.24, 2.45) is 11.7 Å². The molecule has 0 saturated carbocycles. The van der Waals surface area contributed by atoms with Gasteiger partial charge in [-0.2, -0.15) is 5.10 Å². The van der Waals surface area contributed by atoms with E-state index in [4.69, 9.17) is 5.73 Å². The number of nitrogens with zero attached hydrogens (tertiary/aromatic N) is 3. The van der Waals surface area contributed by atoms with Gasteiger partial charge in [-0.3, -0.25) is 9.59 Å². The fraction of sp³-hybridized carbons (Fsp3) is 0.375. The summed E-state index contributed by atoms with van der Waals surface area (Å²) in [5.41, 5.74) is 7.05. The summed E-state index contributed by atoms with van der Waals surface area (Å²) in [4.78, 5) is 27.9. The van der Waals surface area contributed by atoms with Gasteiger partial charge in [0.05, 0.1) is 6.04 Å². The van der Waals surface area contributed by atoms with E-state index in [1.165, 1.54) is 17.3 Å². The minimum atomic E-state index is -0.562. The predicted octanol–water partition coefficient (Wildman–Crippen LogP) is 2.24. The number of anilines is 2. The lowest BCUT2D eigenvalue weighted by molar-refractivity contribution is -0.119. The molecule has 0 saturated heterocycles. The molecule has 10 heteroatoms. The molecule has 0 fully saturated rings. The van der Waals surface area contributed by atoms with Gasteiger partial charge >= 0.3 is 0 Å². The molecule has 1 aromatic heterocycles. The quantitative estimate of drug-likeness (QED) is 0.684. The zero-order valence-electron chi connectivity index (χ0n) is 14.7. The fourth-order valence-corrected chi connectivity index (χ4v) is 1.95. The Labute approximate surface area is 164 Å². The molecule has 0 spiro atoms. The van der Waals surface area contributed by atoms with E-state index in [9.17, 15) is 9.59 Å². The molecule has 0 bridgehead atoms. The predicted molar refractivity (Wildman–Crippen MR) is 106 cm³/mol. The SMILES string of the molecule is CC(C)C(N)C(=O)Nc1ccc(NC(=O)C(C)n2cncn2)cc1.Cl.Cl. The van der Waals surface area contributed by atoms with Gasteiger partial charge in [0, 0.05) is 11.4 Å². The topological polar surface area (TPSA) is 115 Å². The summed E-state index contributed by atoms with van der Waals surface area (Å²) in [5.74, 6) is -0.387. The van der Waals surface area contributed by atoms with Crippen LogP contribution in [0.3, 0.4) is 0 Å². The number of nitrogens with two attached hydrogens (primary N) is 1. The Kier molecular flexibility index (Phi) is 9.85. The van der Waals surface area contributed by atoms with Gasteiger partial charge in [0.2, 0.25) is 11.8 Å². The lowest BCUT2D eigenvalue weighted by Gasteiger charge is -2.16. The summed E-state index contributed by atoms with van der Waals surface area (Å²) in [6, 6.07) is 5.80. The number of rotatable bonds is 6. The molecule has 4 N–H and O–H groups in total. The van der Waals surface area contributed by atoms with Gasteiger partial charge < -0.3 is 16.4 Å². The van der Waals surface area contributed by atoms with Crippen LogP contribution in [-0.4, -0.2) is 32.6 Å². The zero-order valence-corrected chi connectivity index (χ0v) is 16.4. The van der Waals surface area contributed by atoms with Crippen molar-refractivity contribution < 1.29 is 9.59 Å². The largest absolute Gasteiger partial charge is 0.325 e. The number of amides is 2. The molecule has 1 aromatic carbocycles. The van der Waals surface area contributed by atoms with Crippen molar-refractivity contribution in [1.29, 1.82) is 0 Å². The number of halogens is 2. The first-order valence-corrected chi connectivity index (χ1v) is 7.70. The van der Waals surface area contributed by atoms with Crippen molar-refractivity contribution in [3.8, 4) is 0 Å². The number of nitrogens with one attached hydrogen (secondary N) is 2. The standard InChI is InChI=1S/C16H22N6O2.2ClH/c1-10(2)14(17)16(24)21-13-6-4-12(5-7-13)20-15(23)11(3)22-9-18-8-19-22;;/h4-11,14H,17H2,1-3H3,(H,20,23)(H,21,24);2*1H. The van der Waals surface area contributed by atoms with Crippen molar-refractivity contribution >= 4 is 48.0 Å². The third kappa shape index (κ3) is 6.29. The van der Waals surface area contributed by atoms with Crippen LogP contribution in [0.4, 0.5) is 11.4 Å². The number of hydrogen-bond acceptors (Lipinski definition) is 5. The van der Waals surface area contributed by atoms with Gasteiger partial charge in [0.25, 0.3) is 0 Å². The molecule has 0 aliphatic rings. The van der Waals surface area contributed by atoms with E-state index >= 15 is 0 Å². The second-order valence-electron chi connectivity index (χ2n) is 5.88. The van der Waals surface area contributed by atoms with Crippen LogP contribution < -0.4 is 16.4 Å². The molecule has 2 amide bonds. The van der Waals surface area contributed by atoms with Crippen molar-refractivity contribution in [3.05, 3.63) is 36.9 Å². The lowest BCUT2D eigenvalue weighted by atomic mass is 10.0. The van der Waals surface area contributed by atoms with Crippen LogP contribution in [0.1, 0.15) is 26.8 Å². The van der Waals surface area contributed by atoms with E-state index < -0.39 is 12.1 Å². The number of aromatic nitrogens is 3. The first-order chi connectivity index (χ1) is 11.4. The highest BCUT2D eigenvalue weighted by Crippen LogP contribution is 2.16. The second kappa shape index (κ2) is 10.7. The Morgan fingerprint density at radius 2 is 1.50 bits per heavy atom. The van der Waals surface area contributed by atoms with Crippen LogP contribution in [0.2, 0.25) is 0 Å². The number of hydrogen-bond donors (Lipinski definition) is 3. The van der Waals surface area contributed by atoms with Crippen LogP contribution in [0.5, 0.6) is 0 Å². The van der Waals surface area contributed by atoms with Crippen molar-refractivity contribution in [2.75, 3.05) is 10.6 Å². The zero-order chi connectivity index (χ0) is 17.7. The average Bonchev–Trinajstić information content (AvgIpc) is 3.09. The summed E-state index contributed by atoms with van der Waals surface area (Å²) in [6.45, 7) is 5.50. The van der Waals surface area contributed by atoms with E-state index in [1.807, 2.05) is 13.8 Å². The van der Waals surface area contributed by atoms with Crippen LogP contribution in [0.15, 0.2) is 36.9 Å². The summed E-state index contributed by atoms with van der Waals surface area (Å²) in [6.07, 6.45) is 2.87. The van der Waals surface area contributed by atoms with E-state index in [0.717, 1.165) is 0 Å². The Morgan fingerprint density at radius 1 is 1.00 bits per heavy atom. The maximum atomic E-state index is 12.2. The molecule has 1 heterocycles. The molecule has 144 valence electrons. The molecule has 2 aromatic rings. The maximum absolute atomic E-state index is 12.2. The fourth-order valence-electron chi connectivity index (χ4n) is 1.95. The molecule has 0 aliphatic carbocycles. The lowest BCUT2D eigenvalue weighted by Crippen LogP contribution is -2.39. The second-order valence-corrected chi connectivity index (χ2v) is 5.88.